The molecule has 2 aliphatic rings. The van der Waals surface area contributed by atoms with Crippen molar-refractivity contribution in [3.8, 4) is 0 Å². The van der Waals surface area contributed by atoms with Crippen LogP contribution in [0.1, 0.15) is 33.6 Å². The summed E-state index contributed by atoms with van der Waals surface area (Å²) in [6.07, 6.45) is 7.69. The summed E-state index contributed by atoms with van der Waals surface area (Å²) in [5.74, 6) is 5.34. The molecule has 2 rings (SSSR count). The average molecular weight is 251 g/mol. The number of rotatable bonds is 3. The van der Waals surface area contributed by atoms with Crippen molar-refractivity contribution >= 4 is 0 Å². The van der Waals surface area contributed by atoms with Crippen molar-refractivity contribution in [2.24, 2.45) is 28.4 Å². The van der Waals surface area contributed by atoms with Gasteiger partial charge in [0.1, 0.15) is 0 Å². The molecule has 3 N–H and O–H groups in total. The lowest BCUT2D eigenvalue weighted by Gasteiger charge is -2.47. The predicted molar refractivity (Wildman–Crippen MR) is 67.1 cm³/mol. The van der Waals surface area contributed by atoms with Gasteiger partial charge in [-0.05, 0) is 35.3 Å². The van der Waals surface area contributed by atoms with Crippen LogP contribution in [0.3, 0.4) is 0 Å². The van der Waals surface area contributed by atoms with Crippen LogP contribution in [-0.2, 0) is 9.68 Å². The topological polar surface area (TPSA) is 80.7 Å². The van der Waals surface area contributed by atoms with E-state index in [9.17, 15) is 0 Å². The van der Waals surface area contributed by atoms with Crippen LogP contribution in [0.4, 0.5) is 0 Å². The van der Waals surface area contributed by atoms with Gasteiger partial charge in [0.2, 0.25) is 0 Å². The molecule has 0 amide bonds. The Labute approximate surface area is 107 Å². The molecular weight excluding hydrogens is 230 g/mol. The number of nitrogens with zero attached hydrogens (tertiary/aromatic N) is 1. The van der Waals surface area contributed by atoms with Gasteiger partial charge in [0.25, 0.3) is 5.79 Å². The standard InChI is InChI=1S/C13H21N3O2/c1-9-4-5-11-8-13(17-15,18-16-14)7-6-12(11,3)10(9)2/h4-5,8-10,14H,6-7,15H2,1-3H3. The maximum Gasteiger partial charge on any atom is 0.274 e. The molecular formula is C13H21N3O2. The summed E-state index contributed by atoms with van der Waals surface area (Å²) in [4.78, 5) is 9.94. The Bertz CT molecular complexity index is 407. The zero-order valence-electron chi connectivity index (χ0n) is 11.1. The van der Waals surface area contributed by atoms with Crippen molar-refractivity contribution in [3.63, 3.8) is 0 Å². The van der Waals surface area contributed by atoms with Crippen LogP contribution >= 0.6 is 0 Å². The van der Waals surface area contributed by atoms with E-state index in [1.165, 1.54) is 0 Å². The van der Waals surface area contributed by atoms with Gasteiger partial charge in [0, 0.05) is 11.7 Å². The van der Waals surface area contributed by atoms with E-state index < -0.39 is 5.79 Å². The molecule has 0 aliphatic heterocycles. The maximum absolute atomic E-state index is 6.84. The van der Waals surface area contributed by atoms with E-state index in [2.05, 4.69) is 38.2 Å². The first kappa shape index (κ1) is 13.2. The second kappa shape index (κ2) is 4.48. The molecule has 2 aliphatic carbocycles. The largest absolute Gasteiger partial charge is 0.337 e. The van der Waals surface area contributed by atoms with E-state index in [0.29, 0.717) is 18.3 Å². The molecule has 0 bridgehead atoms. The smallest absolute Gasteiger partial charge is 0.274 e. The van der Waals surface area contributed by atoms with Gasteiger partial charge in [0.05, 0.1) is 0 Å². The predicted octanol–water partition coefficient (Wildman–Crippen LogP) is 3.10. The van der Waals surface area contributed by atoms with Gasteiger partial charge in [-0.3, -0.25) is 4.84 Å². The second-order valence-electron chi connectivity index (χ2n) is 5.64. The number of fused-ring (bicyclic) bond motifs is 1. The van der Waals surface area contributed by atoms with Crippen molar-refractivity contribution in [1.82, 2.24) is 0 Å². The third-order valence-corrected chi connectivity index (χ3v) is 4.80. The zero-order chi connectivity index (χ0) is 13.4. The highest BCUT2D eigenvalue weighted by atomic mass is 16.8. The minimum Gasteiger partial charge on any atom is -0.337 e. The number of hydrogen-bond acceptors (Lipinski definition) is 5. The molecule has 0 saturated heterocycles. The van der Waals surface area contributed by atoms with Gasteiger partial charge in [-0.15, -0.1) is 0 Å². The molecule has 5 nitrogen and oxygen atoms in total. The molecule has 0 aromatic carbocycles. The molecule has 0 spiro atoms. The molecule has 5 heteroatoms. The Hall–Kier alpha value is -1.20. The van der Waals surface area contributed by atoms with Crippen LogP contribution in [0.25, 0.3) is 0 Å². The van der Waals surface area contributed by atoms with Crippen LogP contribution in [-0.4, -0.2) is 5.79 Å². The summed E-state index contributed by atoms with van der Waals surface area (Å²) >= 11 is 0. The molecule has 0 heterocycles. The normalized spacial score (nSPS) is 43.0. The van der Waals surface area contributed by atoms with Crippen molar-refractivity contribution in [3.05, 3.63) is 23.8 Å². The Morgan fingerprint density at radius 3 is 2.78 bits per heavy atom. The van der Waals surface area contributed by atoms with Gasteiger partial charge in [-0.1, -0.05) is 32.9 Å². The van der Waals surface area contributed by atoms with Crippen molar-refractivity contribution < 1.29 is 9.68 Å². The number of allylic oxidation sites excluding steroid dienone is 3. The Balaban J connectivity index is 2.41. The fourth-order valence-electron chi connectivity index (χ4n) is 3.05. The molecule has 0 saturated carbocycles. The summed E-state index contributed by atoms with van der Waals surface area (Å²) in [6.45, 7) is 6.77. The van der Waals surface area contributed by atoms with E-state index in [4.69, 9.17) is 21.1 Å². The minimum absolute atomic E-state index is 0.113. The highest BCUT2D eigenvalue weighted by molar-refractivity contribution is 5.35. The Kier molecular flexibility index (Phi) is 3.29. The lowest BCUT2D eigenvalue weighted by Crippen LogP contribution is -2.45. The summed E-state index contributed by atoms with van der Waals surface area (Å²) in [6, 6.07) is 0. The summed E-state index contributed by atoms with van der Waals surface area (Å²) < 4.78 is 0. The maximum atomic E-state index is 6.84. The van der Waals surface area contributed by atoms with E-state index in [1.54, 1.807) is 0 Å². The molecule has 100 valence electrons. The Morgan fingerprint density at radius 1 is 1.44 bits per heavy atom. The molecule has 18 heavy (non-hydrogen) atoms. The monoisotopic (exact) mass is 251 g/mol. The SMILES string of the molecule is CC1C=CC2=CC(ON)(ON=N)CCC2(C)C1C. The third-order valence-electron chi connectivity index (χ3n) is 4.80. The van der Waals surface area contributed by atoms with E-state index in [-0.39, 0.29) is 5.41 Å². The van der Waals surface area contributed by atoms with Crippen molar-refractivity contribution in [2.45, 2.75) is 39.4 Å². The van der Waals surface area contributed by atoms with Crippen LogP contribution in [0.15, 0.2) is 29.1 Å². The van der Waals surface area contributed by atoms with Crippen LogP contribution in [0, 0.1) is 22.8 Å². The fourth-order valence-corrected chi connectivity index (χ4v) is 3.05. The third kappa shape index (κ3) is 1.87. The van der Waals surface area contributed by atoms with Gasteiger partial charge >= 0.3 is 0 Å². The zero-order valence-corrected chi connectivity index (χ0v) is 11.1. The van der Waals surface area contributed by atoms with Gasteiger partial charge < -0.3 is 4.84 Å². The van der Waals surface area contributed by atoms with Crippen LogP contribution in [0.5, 0.6) is 0 Å². The van der Waals surface area contributed by atoms with E-state index in [1.807, 2.05) is 6.08 Å². The lowest BCUT2D eigenvalue weighted by molar-refractivity contribution is -0.226. The molecule has 4 unspecified atom stereocenters. The van der Waals surface area contributed by atoms with Gasteiger partial charge in [-0.25, -0.2) is 5.90 Å². The molecule has 0 radical (unpaired) electrons. The highest BCUT2D eigenvalue weighted by Gasteiger charge is 2.47. The molecule has 0 aromatic rings. The first-order valence-electron chi connectivity index (χ1n) is 6.32. The lowest BCUT2D eigenvalue weighted by atomic mass is 9.59. The summed E-state index contributed by atoms with van der Waals surface area (Å²) in [7, 11) is 0. The first-order valence-corrected chi connectivity index (χ1v) is 6.32. The van der Waals surface area contributed by atoms with Crippen LogP contribution < -0.4 is 5.90 Å². The fraction of sp³-hybridized carbons (Fsp3) is 0.692. The highest BCUT2D eigenvalue weighted by Crippen LogP contribution is 2.52. The quantitative estimate of drug-likeness (QED) is 0.459. The number of hydrogen-bond donors (Lipinski definition) is 2. The number of nitrogens with one attached hydrogen (secondary N) is 1. The van der Waals surface area contributed by atoms with Gasteiger partial charge in [0.15, 0.2) is 0 Å². The van der Waals surface area contributed by atoms with Crippen LogP contribution in [0.2, 0.25) is 0 Å². The first-order chi connectivity index (χ1) is 8.47. The van der Waals surface area contributed by atoms with E-state index >= 15 is 0 Å². The molecule has 0 aromatic heterocycles. The Morgan fingerprint density at radius 2 is 2.17 bits per heavy atom. The number of nitrogens with two attached hydrogens (primary N) is 1. The van der Waals surface area contributed by atoms with Crippen molar-refractivity contribution in [2.75, 3.05) is 0 Å². The summed E-state index contributed by atoms with van der Waals surface area (Å²) in [5.41, 5.74) is 8.11. The minimum atomic E-state index is -1.08. The molecule has 0 fully saturated rings. The van der Waals surface area contributed by atoms with E-state index in [0.717, 1.165) is 12.0 Å². The van der Waals surface area contributed by atoms with Crippen molar-refractivity contribution in [1.29, 1.82) is 5.53 Å². The second-order valence-corrected chi connectivity index (χ2v) is 5.64. The average Bonchev–Trinajstić information content (AvgIpc) is 2.37. The summed E-state index contributed by atoms with van der Waals surface area (Å²) in [5, 5.41) is 2.97. The van der Waals surface area contributed by atoms with Gasteiger partial charge in [-0.2, -0.15) is 5.53 Å². The molecule has 4 atom stereocenters.